The fourth-order valence-electron chi connectivity index (χ4n) is 1.09. The van der Waals surface area contributed by atoms with Crippen molar-refractivity contribution in [2.45, 2.75) is 26.1 Å². The first-order valence-corrected chi connectivity index (χ1v) is 4.48. The van der Waals surface area contributed by atoms with Gasteiger partial charge in [-0.2, -0.15) is 13.2 Å². The first-order chi connectivity index (χ1) is 6.75. The molecule has 1 aromatic rings. The van der Waals surface area contributed by atoms with Crippen LogP contribution in [0.2, 0.25) is 0 Å². The number of aromatic nitrogens is 3. The third-order valence-electron chi connectivity index (χ3n) is 1.69. The van der Waals surface area contributed by atoms with Crippen LogP contribution in [0.5, 0.6) is 0 Å². The number of hydrogen-bond donors (Lipinski definition) is 1. The summed E-state index contributed by atoms with van der Waals surface area (Å²) in [6, 6.07) is -0.461. The minimum atomic E-state index is -4.56. The predicted octanol–water partition coefficient (Wildman–Crippen LogP) is 1.51. The standard InChI is InChI=1S/C7H9F3N4S/c1-3(2)14-5(7(8,9)10)4(6(11)15)12-13-14/h3H,1-2H3,(H2,11,15). The number of hydrogen-bond acceptors (Lipinski definition) is 3. The van der Waals surface area contributed by atoms with Crippen molar-refractivity contribution in [2.24, 2.45) is 5.73 Å². The summed E-state index contributed by atoms with van der Waals surface area (Å²) in [6.45, 7) is 3.13. The van der Waals surface area contributed by atoms with Crippen LogP contribution in [-0.4, -0.2) is 20.0 Å². The second-order valence-corrected chi connectivity index (χ2v) is 3.63. The average Bonchev–Trinajstić information content (AvgIpc) is 2.45. The van der Waals surface area contributed by atoms with Crippen molar-refractivity contribution in [3.05, 3.63) is 11.4 Å². The third-order valence-corrected chi connectivity index (χ3v) is 1.88. The molecule has 0 aromatic carbocycles. The molecule has 0 aliphatic rings. The molecule has 0 amide bonds. The van der Waals surface area contributed by atoms with E-state index >= 15 is 0 Å². The number of alkyl halides is 3. The van der Waals surface area contributed by atoms with Gasteiger partial charge in [-0.05, 0) is 13.8 Å². The summed E-state index contributed by atoms with van der Waals surface area (Å²) >= 11 is 4.48. The van der Waals surface area contributed by atoms with Crippen molar-refractivity contribution in [3.63, 3.8) is 0 Å². The Morgan fingerprint density at radius 3 is 2.33 bits per heavy atom. The van der Waals surface area contributed by atoms with Crippen LogP contribution in [0.3, 0.4) is 0 Å². The van der Waals surface area contributed by atoms with Crippen molar-refractivity contribution >= 4 is 17.2 Å². The van der Waals surface area contributed by atoms with E-state index in [0.717, 1.165) is 4.68 Å². The summed E-state index contributed by atoms with van der Waals surface area (Å²) in [5, 5.41) is 6.71. The van der Waals surface area contributed by atoms with Gasteiger partial charge in [0.2, 0.25) is 0 Å². The highest BCUT2D eigenvalue weighted by molar-refractivity contribution is 7.80. The van der Waals surface area contributed by atoms with E-state index in [4.69, 9.17) is 5.73 Å². The summed E-state index contributed by atoms with van der Waals surface area (Å²) < 4.78 is 38.7. The first-order valence-electron chi connectivity index (χ1n) is 4.07. The monoisotopic (exact) mass is 238 g/mol. The first kappa shape index (κ1) is 11.9. The van der Waals surface area contributed by atoms with Gasteiger partial charge in [0.25, 0.3) is 0 Å². The lowest BCUT2D eigenvalue weighted by Crippen LogP contribution is -2.21. The smallest absolute Gasteiger partial charge is 0.388 e. The van der Waals surface area contributed by atoms with Crippen molar-refractivity contribution in [1.29, 1.82) is 0 Å². The lowest BCUT2D eigenvalue weighted by atomic mass is 10.3. The fourth-order valence-corrected chi connectivity index (χ4v) is 1.22. The van der Waals surface area contributed by atoms with Crippen LogP contribution in [0.4, 0.5) is 13.2 Å². The van der Waals surface area contributed by atoms with Crippen LogP contribution in [0.1, 0.15) is 31.3 Å². The van der Waals surface area contributed by atoms with Gasteiger partial charge in [0.1, 0.15) is 4.99 Å². The molecule has 0 saturated heterocycles. The SMILES string of the molecule is CC(C)n1nnc(C(N)=S)c1C(F)(F)F. The van der Waals surface area contributed by atoms with E-state index in [9.17, 15) is 13.2 Å². The number of halogens is 3. The summed E-state index contributed by atoms with van der Waals surface area (Å²) in [6.07, 6.45) is -4.56. The molecule has 0 bridgehead atoms. The second kappa shape index (κ2) is 3.76. The van der Waals surface area contributed by atoms with Crippen LogP contribution in [0.25, 0.3) is 0 Å². The molecule has 0 aliphatic heterocycles. The summed E-state index contributed by atoms with van der Waals surface area (Å²) in [7, 11) is 0. The highest BCUT2D eigenvalue weighted by Crippen LogP contribution is 2.32. The molecular weight excluding hydrogens is 229 g/mol. The molecule has 0 atom stereocenters. The van der Waals surface area contributed by atoms with E-state index in [-0.39, 0.29) is 0 Å². The van der Waals surface area contributed by atoms with Gasteiger partial charge in [0.15, 0.2) is 11.4 Å². The minimum Gasteiger partial charge on any atom is -0.388 e. The van der Waals surface area contributed by atoms with Gasteiger partial charge in [-0.25, -0.2) is 4.68 Å². The molecule has 0 aliphatic carbocycles. The lowest BCUT2D eigenvalue weighted by Gasteiger charge is -2.12. The quantitative estimate of drug-likeness (QED) is 0.793. The number of nitrogens with zero attached hydrogens (tertiary/aromatic N) is 3. The molecule has 0 fully saturated rings. The van der Waals surface area contributed by atoms with E-state index in [0.29, 0.717) is 0 Å². The van der Waals surface area contributed by atoms with Gasteiger partial charge in [0, 0.05) is 6.04 Å². The van der Waals surface area contributed by atoms with Gasteiger partial charge in [-0.1, -0.05) is 17.4 Å². The molecule has 0 saturated carbocycles. The maximum Gasteiger partial charge on any atom is 0.435 e. The molecule has 4 nitrogen and oxygen atoms in total. The highest BCUT2D eigenvalue weighted by atomic mass is 32.1. The maximum absolute atomic E-state index is 12.6. The van der Waals surface area contributed by atoms with Crippen LogP contribution >= 0.6 is 12.2 Å². The molecular formula is C7H9F3N4S. The largest absolute Gasteiger partial charge is 0.435 e. The molecule has 84 valence electrons. The Hall–Kier alpha value is -1.18. The third kappa shape index (κ3) is 2.25. The number of thiocarbonyl (C=S) groups is 1. The molecule has 1 heterocycles. The summed E-state index contributed by atoms with van der Waals surface area (Å²) in [5.74, 6) is 0. The van der Waals surface area contributed by atoms with Crippen LogP contribution in [-0.2, 0) is 6.18 Å². The van der Waals surface area contributed by atoms with E-state index in [2.05, 4.69) is 22.5 Å². The van der Waals surface area contributed by atoms with E-state index < -0.39 is 28.6 Å². The van der Waals surface area contributed by atoms with Crippen molar-refractivity contribution in [1.82, 2.24) is 15.0 Å². The zero-order valence-electron chi connectivity index (χ0n) is 8.04. The Balaban J connectivity index is 3.40. The highest BCUT2D eigenvalue weighted by Gasteiger charge is 2.40. The van der Waals surface area contributed by atoms with Crippen molar-refractivity contribution in [2.75, 3.05) is 0 Å². The number of rotatable bonds is 2. The zero-order valence-corrected chi connectivity index (χ0v) is 8.85. The normalized spacial score (nSPS) is 12.1. The molecule has 0 spiro atoms. The van der Waals surface area contributed by atoms with Gasteiger partial charge in [-0.15, -0.1) is 5.10 Å². The van der Waals surface area contributed by atoms with Gasteiger partial charge in [0.05, 0.1) is 0 Å². The Morgan fingerprint density at radius 1 is 1.47 bits per heavy atom. The molecule has 1 aromatic heterocycles. The van der Waals surface area contributed by atoms with E-state index in [1.54, 1.807) is 13.8 Å². The molecule has 2 N–H and O–H groups in total. The predicted molar refractivity (Wildman–Crippen MR) is 51.3 cm³/mol. The van der Waals surface area contributed by atoms with Gasteiger partial charge >= 0.3 is 6.18 Å². The van der Waals surface area contributed by atoms with E-state index in [1.807, 2.05) is 0 Å². The average molecular weight is 238 g/mol. The van der Waals surface area contributed by atoms with Gasteiger partial charge in [-0.3, -0.25) is 0 Å². The number of nitrogens with two attached hydrogens (primary N) is 1. The summed E-state index contributed by atoms with van der Waals surface area (Å²) in [5.41, 5.74) is 3.66. The molecule has 0 unspecified atom stereocenters. The van der Waals surface area contributed by atoms with Crippen LogP contribution in [0, 0.1) is 0 Å². The molecule has 8 heteroatoms. The second-order valence-electron chi connectivity index (χ2n) is 3.19. The molecule has 1 rings (SSSR count). The summed E-state index contributed by atoms with van der Waals surface area (Å²) in [4.78, 5) is -0.408. The zero-order chi connectivity index (χ0) is 11.8. The molecule has 15 heavy (non-hydrogen) atoms. The van der Waals surface area contributed by atoms with Crippen LogP contribution in [0.15, 0.2) is 0 Å². The van der Waals surface area contributed by atoms with Crippen molar-refractivity contribution in [3.8, 4) is 0 Å². The van der Waals surface area contributed by atoms with Crippen LogP contribution < -0.4 is 5.73 Å². The topological polar surface area (TPSA) is 56.7 Å². The molecule has 0 radical (unpaired) electrons. The Morgan fingerprint density at radius 2 is 2.00 bits per heavy atom. The maximum atomic E-state index is 12.6. The Kier molecular flexibility index (Phi) is 2.98. The lowest BCUT2D eigenvalue weighted by molar-refractivity contribution is -0.144. The Bertz CT molecular complexity index is 382. The van der Waals surface area contributed by atoms with Gasteiger partial charge < -0.3 is 5.73 Å². The van der Waals surface area contributed by atoms with E-state index in [1.165, 1.54) is 0 Å². The fraction of sp³-hybridized carbons (Fsp3) is 0.571. The van der Waals surface area contributed by atoms with Crippen molar-refractivity contribution < 1.29 is 13.2 Å². The Labute approximate surface area is 89.2 Å². The minimum absolute atomic E-state index is 0.408.